The molecule has 1 N–H and O–H groups in total. The molecule has 2 aromatic carbocycles. The van der Waals surface area contributed by atoms with Crippen molar-refractivity contribution < 1.29 is 5.21 Å². The molecule has 88 valence electrons. The molecular formula is C15H17NO. The second kappa shape index (κ2) is 5.48. The highest BCUT2D eigenvalue weighted by molar-refractivity contribution is 6.10. The highest BCUT2D eigenvalue weighted by Crippen LogP contribution is 2.20. The smallest absolute Gasteiger partial charge is 0.0874 e. The summed E-state index contributed by atoms with van der Waals surface area (Å²) in [6, 6.07) is 14.3. The number of fused-ring (bicyclic) bond motifs is 1. The molecule has 0 bridgehead atoms. The van der Waals surface area contributed by atoms with Crippen LogP contribution in [0.1, 0.15) is 31.7 Å². The van der Waals surface area contributed by atoms with Gasteiger partial charge in [-0.25, -0.2) is 0 Å². The summed E-state index contributed by atoms with van der Waals surface area (Å²) in [7, 11) is 0. The molecule has 2 rings (SSSR count). The van der Waals surface area contributed by atoms with Crippen LogP contribution in [0, 0.1) is 0 Å². The summed E-state index contributed by atoms with van der Waals surface area (Å²) in [5.74, 6) is 0. The fourth-order valence-corrected chi connectivity index (χ4v) is 2.06. The van der Waals surface area contributed by atoms with E-state index in [-0.39, 0.29) is 0 Å². The first-order valence-corrected chi connectivity index (χ1v) is 6.06. The van der Waals surface area contributed by atoms with E-state index in [9.17, 15) is 0 Å². The summed E-state index contributed by atoms with van der Waals surface area (Å²) in [5, 5.41) is 15.0. The Morgan fingerprint density at radius 3 is 2.65 bits per heavy atom. The molecule has 0 amide bonds. The van der Waals surface area contributed by atoms with Crippen molar-refractivity contribution in [2.24, 2.45) is 5.16 Å². The topological polar surface area (TPSA) is 32.6 Å². The van der Waals surface area contributed by atoms with Gasteiger partial charge in [-0.15, -0.1) is 0 Å². The van der Waals surface area contributed by atoms with Gasteiger partial charge in [0.15, 0.2) is 0 Å². The van der Waals surface area contributed by atoms with Crippen LogP contribution in [0.3, 0.4) is 0 Å². The molecule has 2 nitrogen and oxygen atoms in total. The van der Waals surface area contributed by atoms with Crippen LogP contribution >= 0.6 is 0 Å². The molecule has 0 spiro atoms. The van der Waals surface area contributed by atoms with Crippen LogP contribution in [0.4, 0.5) is 0 Å². The summed E-state index contributed by atoms with van der Waals surface area (Å²) in [4.78, 5) is 0. The van der Waals surface area contributed by atoms with Crippen molar-refractivity contribution in [3.8, 4) is 0 Å². The molecule has 2 aromatic rings. The maximum Gasteiger partial charge on any atom is 0.0874 e. The van der Waals surface area contributed by atoms with Crippen molar-refractivity contribution in [1.82, 2.24) is 0 Å². The Hall–Kier alpha value is -1.83. The van der Waals surface area contributed by atoms with Crippen molar-refractivity contribution in [1.29, 1.82) is 0 Å². The summed E-state index contributed by atoms with van der Waals surface area (Å²) < 4.78 is 0. The second-order valence-corrected chi connectivity index (χ2v) is 4.18. The normalized spacial score (nSPS) is 11.9. The minimum Gasteiger partial charge on any atom is -0.411 e. The number of oxime groups is 1. The average molecular weight is 227 g/mol. The lowest BCUT2D eigenvalue weighted by atomic mass is 9.98. The third kappa shape index (κ3) is 2.47. The van der Waals surface area contributed by atoms with E-state index in [1.807, 2.05) is 24.3 Å². The molecule has 0 fully saturated rings. The minimum atomic E-state index is 0.781. The van der Waals surface area contributed by atoms with Gasteiger partial charge in [-0.05, 0) is 23.6 Å². The maximum absolute atomic E-state index is 9.15. The lowest BCUT2D eigenvalue weighted by Crippen LogP contribution is -2.01. The Bertz CT molecular complexity index is 526. The summed E-state index contributed by atoms with van der Waals surface area (Å²) >= 11 is 0. The van der Waals surface area contributed by atoms with Gasteiger partial charge in [-0.1, -0.05) is 61.0 Å². The summed E-state index contributed by atoms with van der Waals surface area (Å²) in [6.07, 6.45) is 2.97. The lowest BCUT2D eigenvalue weighted by Gasteiger charge is -2.07. The molecule has 0 atom stereocenters. The van der Waals surface area contributed by atoms with Crippen LogP contribution in [-0.2, 0) is 0 Å². The fourth-order valence-electron chi connectivity index (χ4n) is 2.06. The largest absolute Gasteiger partial charge is 0.411 e. The predicted octanol–water partition coefficient (Wildman–Crippen LogP) is 4.21. The number of unbranched alkanes of at least 4 members (excludes halogenated alkanes) is 1. The number of nitrogens with zero attached hydrogens (tertiary/aromatic N) is 1. The zero-order valence-corrected chi connectivity index (χ0v) is 10.1. The molecule has 0 heterocycles. The monoisotopic (exact) mass is 227 g/mol. The third-order valence-corrected chi connectivity index (χ3v) is 2.99. The second-order valence-electron chi connectivity index (χ2n) is 4.18. The van der Waals surface area contributed by atoms with E-state index in [1.165, 1.54) is 5.39 Å². The Morgan fingerprint density at radius 1 is 1.12 bits per heavy atom. The molecule has 0 aliphatic rings. The fraction of sp³-hybridized carbons (Fsp3) is 0.267. The highest BCUT2D eigenvalue weighted by Gasteiger charge is 2.07. The Morgan fingerprint density at radius 2 is 1.88 bits per heavy atom. The maximum atomic E-state index is 9.15. The van der Waals surface area contributed by atoms with Gasteiger partial charge in [0.25, 0.3) is 0 Å². The van der Waals surface area contributed by atoms with Gasteiger partial charge in [0.05, 0.1) is 5.71 Å². The standard InChI is InChI=1S/C15H17NO/c1-2-3-11-15(16-17)14-10-6-8-12-7-4-5-9-13(12)14/h4-10,17H,2-3,11H2,1H3. The average Bonchev–Trinajstić information content (AvgIpc) is 2.40. The van der Waals surface area contributed by atoms with Gasteiger partial charge in [-0.3, -0.25) is 0 Å². The molecule has 0 aliphatic carbocycles. The van der Waals surface area contributed by atoms with Crippen molar-refractivity contribution in [3.05, 3.63) is 48.0 Å². The van der Waals surface area contributed by atoms with Gasteiger partial charge in [0.1, 0.15) is 0 Å². The molecule has 0 radical (unpaired) electrons. The van der Waals surface area contributed by atoms with Crippen molar-refractivity contribution in [2.45, 2.75) is 26.2 Å². The molecule has 17 heavy (non-hydrogen) atoms. The number of hydrogen-bond acceptors (Lipinski definition) is 2. The van der Waals surface area contributed by atoms with E-state index in [2.05, 4.69) is 30.3 Å². The van der Waals surface area contributed by atoms with Gasteiger partial charge < -0.3 is 5.21 Å². The third-order valence-electron chi connectivity index (χ3n) is 2.99. The van der Waals surface area contributed by atoms with E-state index in [0.717, 1.165) is 35.9 Å². The summed E-state index contributed by atoms with van der Waals surface area (Å²) in [5.41, 5.74) is 1.82. The van der Waals surface area contributed by atoms with Crippen molar-refractivity contribution in [2.75, 3.05) is 0 Å². The zero-order chi connectivity index (χ0) is 12.1. The van der Waals surface area contributed by atoms with E-state index >= 15 is 0 Å². The van der Waals surface area contributed by atoms with Gasteiger partial charge in [0.2, 0.25) is 0 Å². The Balaban J connectivity index is 2.46. The van der Waals surface area contributed by atoms with E-state index < -0.39 is 0 Å². The van der Waals surface area contributed by atoms with E-state index in [4.69, 9.17) is 5.21 Å². The van der Waals surface area contributed by atoms with Crippen LogP contribution in [0.25, 0.3) is 10.8 Å². The van der Waals surface area contributed by atoms with Crippen molar-refractivity contribution in [3.63, 3.8) is 0 Å². The van der Waals surface area contributed by atoms with Gasteiger partial charge in [0, 0.05) is 5.56 Å². The number of hydrogen-bond donors (Lipinski definition) is 1. The van der Waals surface area contributed by atoms with Crippen LogP contribution in [0.5, 0.6) is 0 Å². The van der Waals surface area contributed by atoms with Crippen LogP contribution in [0.15, 0.2) is 47.6 Å². The van der Waals surface area contributed by atoms with Crippen molar-refractivity contribution >= 4 is 16.5 Å². The minimum absolute atomic E-state index is 0.781. The SMILES string of the molecule is CCCCC(=NO)c1cccc2ccccc12. The molecule has 0 saturated heterocycles. The molecule has 0 aliphatic heterocycles. The van der Waals surface area contributed by atoms with E-state index in [1.54, 1.807) is 0 Å². The first-order valence-electron chi connectivity index (χ1n) is 6.06. The molecule has 2 heteroatoms. The Labute approximate surface area is 102 Å². The van der Waals surface area contributed by atoms with Crippen LogP contribution < -0.4 is 0 Å². The van der Waals surface area contributed by atoms with Crippen LogP contribution in [-0.4, -0.2) is 10.9 Å². The first kappa shape index (κ1) is 11.6. The number of benzene rings is 2. The Kier molecular flexibility index (Phi) is 3.76. The predicted molar refractivity (Wildman–Crippen MR) is 71.8 cm³/mol. The highest BCUT2D eigenvalue weighted by atomic mass is 16.4. The first-order chi connectivity index (χ1) is 8.36. The van der Waals surface area contributed by atoms with Gasteiger partial charge >= 0.3 is 0 Å². The lowest BCUT2D eigenvalue weighted by molar-refractivity contribution is 0.318. The molecule has 0 saturated carbocycles. The quantitative estimate of drug-likeness (QED) is 0.473. The summed E-state index contributed by atoms with van der Waals surface area (Å²) in [6.45, 7) is 2.14. The number of rotatable bonds is 4. The van der Waals surface area contributed by atoms with Crippen LogP contribution in [0.2, 0.25) is 0 Å². The zero-order valence-electron chi connectivity index (χ0n) is 10.1. The molecular weight excluding hydrogens is 210 g/mol. The molecule has 0 unspecified atom stereocenters. The van der Waals surface area contributed by atoms with E-state index in [0.29, 0.717) is 0 Å². The molecule has 0 aromatic heterocycles. The van der Waals surface area contributed by atoms with Gasteiger partial charge in [-0.2, -0.15) is 0 Å².